The van der Waals surface area contributed by atoms with Crippen LogP contribution in [0.25, 0.3) is 16.8 Å². The lowest BCUT2D eigenvalue weighted by atomic mass is 10.1. The molecule has 3 aromatic rings. The molecule has 9 nitrogen and oxygen atoms in total. The number of piperidine rings is 1. The summed E-state index contributed by atoms with van der Waals surface area (Å²) in [6, 6.07) is 5.44. The van der Waals surface area contributed by atoms with Crippen LogP contribution in [0.3, 0.4) is 0 Å². The number of pyridine rings is 1. The lowest BCUT2D eigenvalue weighted by Gasteiger charge is -2.26. The molecule has 0 aliphatic carbocycles. The van der Waals surface area contributed by atoms with E-state index in [0.717, 1.165) is 32.4 Å². The van der Waals surface area contributed by atoms with E-state index in [0.29, 0.717) is 22.3 Å². The van der Waals surface area contributed by atoms with Gasteiger partial charge in [0.1, 0.15) is 10.8 Å². The molecule has 2 aliphatic heterocycles. The molecule has 0 N–H and O–H groups in total. The number of alkyl halides is 2. The van der Waals surface area contributed by atoms with E-state index in [9.17, 15) is 17.8 Å². The van der Waals surface area contributed by atoms with Crippen LogP contribution in [0.5, 0.6) is 0 Å². The zero-order valence-corrected chi connectivity index (χ0v) is 17.5. The maximum Gasteiger partial charge on any atom is 0.290 e. The number of fused-ring (bicyclic) bond motifs is 1. The SMILES string of the molecule is O=C(c1cnn2c(-c3cnc(C4=NN=C(C(F)F)S4=O)nc3)cccc12)N1CCCCC1. The molecule has 0 radical (unpaired) electrons. The van der Waals surface area contributed by atoms with Gasteiger partial charge in [0.2, 0.25) is 5.04 Å². The predicted molar refractivity (Wildman–Crippen MR) is 114 cm³/mol. The Bertz CT molecular complexity index is 1280. The zero-order chi connectivity index (χ0) is 22.2. The van der Waals surface area contributed by atoms with Gasteiger partial charge in [-0.15, -0.1) is 10.2 Å². The average molecular weight is 457 g/mol. The molecule has 1 saturated heterocycles. The molecule has 1 unspecified atom stereocenters. The standard InChI is InChI=1S/C20H17F2N7O2S/c21-16(22)18-26-27-19(32(18)31)17-23-9-12(10-24-17)14-5-4-6-15-13(11-25-29(14)15)20(30)28-7-2-1-3-8-28/h4-6,9-11,16H,1-3,7-8H2. The maximum absolute atomic E-state index is 13.0. The largest absolute Gasteiger partial charge is 0.339 e. The fourth-order valence-electron chi connectivity index (χ4n) is 3.75. The van der Waals surface area contributed by atoms with Crippen LogP contribution in [-0.2, 0) is 10.8 Å². The third-order valence-corrected chi connectivity index (χ3v) is 6.60. The number of rotatable bonds is 4. The van der Waals surface area contributed by atoms with E-state index in [4.69, 9.17) is 0 Å². The molecule has 1 fully saturated rings. The van der Waals surface area contributed by atoms with Gasteiger partial charge in [-0.1, -0.05) is 6.07 Å². The first-order chi connectivity index (χ1) is 15.5. The van der Waals surface area contributed by atoms with Gasteiger partial charge in [0.15, 0.2) is 10.9 Å². The summed E-state index contributed by atoms with van der Waals surface area (Å²) in [6.45, 7) is 1.49. The Morgan fingerprint density at radius 3 is 2.47 bits per heavy atom. The average Bonchev–Trinajstić information content (AvgIpc) is 3.43. The number of likely N-dealkylation sites (tertiary alicyclic amines) is 1. The summed E-state index contributed by atoms with van der Waals surface area (Å²) in [7, 11) is -2.19. The van der Waals surface area contributed by atoms with E-state index in [1.54, 1.807) is 16.8 Å². The minimum absolute atomic E-state index is 0.0416. The van der Waals surface area contributed by atoms with E-state index >= 15 is 0 Å². The number of amides is 1. The molecule has 0 saturated carbocycles. The first kappa shape index (κ1) is 20.5. The fraction of sp³-hybridized carbons (Fsp3) is 0.300. The maximum atomic E-state index is 13.0. The second-order valence-corrected chi connectivity index (χ2v) is 8.67. The Labute approximate surface area is 183 Å². The molecular weight excluding hydrogens is 440 g/mol. The van der Waals surface area contributed by atoms with Crippen molar-refractivity contribution >= 4 is 32.3 Å². The molecule has 3 aromatic heterocycles. The molecule has 32 heavy (non-hydrogen) atoms. The van der Waals surface area contributed by atoms with E-state index < -0.39 is 22.3 Å². The van der Waals surface area contributed by atoms with Crippen molar-refractivity contribution < 1.29 is 17.8 Å². The van der Waals surface area contributed by atoms with Gasteiger partial charge in [-0.2, -0.15) is 5.10 Å². The van der Waals surface area contributed by atoms with Crippen LogP contribution >= 0.6 is 0 Å². The number of halogens is 2. The molecule has 2 aliphatic rings. The van der Waals surface area contributed by atoms with Crippen molar-refractivity contribution in [1.29, 1.82) is 0 Å². The Kier molecular flexibility index (Phi) is 5.29. The summed E-state index contributed by atoms with van der Waals surface area (Å²) >= 11 is 0. The Balaban J connectivity index is 1.44. The number of hydrogen-bond donors (Lipinski definition) is 0. The van der Waals surface area contributed by atoms with E-state index in [-0.39, 0.29) is 16.8 Å². The molecule has 1 amide bonds. The highest BCUT2D eigenvalue weighted by Gasteiger charge is 2.32. The van der Waals surface area contributed by atoms with Crippen molar-refractivity contribution in [2.24, 2.45) is 10.2 Å². The van der Waals surface area contributed by atoms with Crippen LogP contribution in [-0.4, -0.2) is 64.2 Å². The summed E-state index contributed by atoms with van der Waals surface area (Å²) in [4.78, 5) is 23.1. The highest BCUT2D eigenvalue weighted by molar-refractivity contribution is 8.14. The first-order valence-corrected chi connectivity index (χ1v) is 11.1. The third-order valence-electron chi connectivity index (χ3n) is 5.35. The first-order valence-electron chi connectivity index (χ1n) is 9.99. The van der Waals surface area contributed by atoms with Crippen LogP contribution in [0, 0.1) is 0 Å². The zero-order valence-electron chi connectivity index (χ0n) is 16.7. The lowest BCUT2D eigenvalue weighted by molar-refractivity contribution is 0.0726. The van der Waals surface area contributed by atoms with Crippen molar-refractivity contribution in [1.82, 2.24) is 24.5 Å². The number of nitrogens with zero attached hydrogens (tertiary/aromatic N) is 7. The molecule has 164 valence electrons. The minimum Gasteiger partial charge on any atom is -0.339 e. The Morgan fingerprint density at radius 1 is 1.03 bits per heavy atom. The number of aromatic nitrogens is 4. The molecule has 5 heterocycles. The van der Waals surface area contributed by atoms with Crippen LogP contribution in [0.1, 0.15) is 35.4 Å². The van der Waals surface area contributed by atoms with Crippen LogP contribution in [0.2, 0.25) is 0 Å². The van der Waals surface area contributed by atoms with Crippen molar-refractivity contribution in [3.05, 3.63) is 48.2 Å². The van der Waals surface area contributed by atoms with Crippen molar-refractivity contribution in [2.75, 3.05) is 13.1 Å². The molecule has 0 bridgehead atoms. The molecule has 1 atom stereocenters. The lowest BCUT2D eigenvalue weighted by Crippen LogP contribution is -2.35. The van der Waals surface area contributed by atoms with Gasteiger partial charge in [0.25, 0.3) is 12.3 Å². The minimum atomic E-state index is -2.96. The number of hydrogen-bond acceptors (Lipinski definition) is 7. The van der Waals surface area contributed by atoms with Crippen molar-refractivity contribution in [3.8, 4) is 11.3 Å². The molecule has 0 spiro atoms. The highest BCUT2D eigenvalue weighted by Crippen LogP contribution is 2.24. The van der Waals surface area contributed by atoms with Gasteiger partial charge in [0.05, 0.1) is 23.0 Å². The summed E-state index contributed by atoms with van der Waals surface area (Å²) in [5.41, 5.74) is 2.42. The van der Waals surface area contributed by atoms with E-state index in [1.165, 1.54) is 12.4 Å². The topological polar surface area (TPSA) is 105 Å². The van der Waals surface area contributed by atoms with Gasteiger partial charge in [-0.25, -0.2) is 27.5 Å². The van der Waals surface area contributed by atoms with E-state index in [1.807, 2.05) is 17.0 Å². The summed E-state index contributed by atoms with van der Waals surface area (Å²) in [6.07, 6.45) is 4.66. The summed E-state index contributed by atoms with van der Waals surface area (Å²) < 4.78 is 39.4. The van der Waals surface area contributed by atoms with Crippen LogP contribution in [0.4, 0.5) is 8.78 Å². The Hall–Kier alpha value is -3.41. The van der Waals surface area contributed by atoms with Gasteiger partial charge < -0.3 is 4.90 Å². The predicted octanol–water partition coefficient (Wildman–Crippen LogP) is 2.50. The molecule has 0 aromatic carbocycles. The van der Waals surface area contributed by atoms with Crippen LogP contribution < -0.4 is 0 Å². The number of carbonyl (C=O) groups excluding carboxylic acids is 1. The monoisotopic (exact) mass is 457 g/mol. The normalized spacial score (nSPS) is 18.8. The van der Waals surface area contributed by atoms with Gasteiger partial charge in [-0.3, -0.25) is 4.79 Å². The van der Waals surface area contributed by atoms with Gasteiger partial charge >= 0.3 is 0 Å². The second kappa shape index (κ2) is 8.26. The third kappa shape index (κ3) is 3.49. The van der Waals surface area contributed by atoms with Crippen molar-refractivity contribution in [2.45, 2.75) is 25.7 Å². The Morgan fingerprint density at radius 2 is 1.78 bits per heavy atom. The van der Waals surface area contributed by atoms with Crippen LogP contribution in [0.15, 0.2) is 47.0 Å². The molecular formula is C20H17F2N7O2S. The fourth-order valence-corrected chi connectivity index (χ4v) is 4.61. The quantitative estimate of drug-likeness (QED) is 0.599. The summed E-state index contributed by atoms with van der Waals surface area (Å²) in [5.74, 6) is -0.0832. The highest BCUT2D eigenvalue weighted by atomic mass is 32.2. The summed E-state index contributed by atoms with van der Waals surface area (Å²) in [5, 5.41) is 10.2. The van der Waals surface area contributed by atoms with Gasteiger partial charge in [-0.05, 0) is 31.4 Å². The van der Waals surface area contributed by atoms with Crippen molar-refractivity contribution in [3.63, 3.8) is 0 Å². The second-order valence-electron chi connectivity index (χ2n) is 7.33. The molecule has 5 rings (SSSR count). The number of carbonyl (C=O) groups is 1. The van der Waals surface area contributed by atoms with Gasteiger partial charge in [0, 0.05) is 31.0 Å². The molecule has 12 heteroatoms. The van der Waals surface area contributed by atoms with E-state index in [2.05, 4.69) is 25.3 Å². The smallest absolute Gasteiger partial charge is 0.290 e.